The molecule has 1 aromatic rings. The SMILES string of the molecule is CC(CN)N(C)c1ncc2c(n1)CSC2. The minimum atomic E-state index is 0.275. The summed E-state index contributed by atoms with van der Waals surface area (Å²) in [5, 5.41) is 0. The first-order chi connectivity index (χ1) is 7.22. The van der Waals surface area contributed by atoms with Crippen molar-refractivity contribution in [2.45, 2.75) is 24.5 Å². The average molecular weight is 224 g/mol. The largest absolute Gasteiger partial charge is 0.340 e. The fraction of sp³-hybridized carbons (Fsp3) is 0.600. The van der Waals surface area contributed by atoms with E-state index in [1.54, 1.807) is 0 Å². The molecular weight excluding hydrogens is 208 g/mol. The van der Waals surface area contributed by atoms with E-state index in [2.05, 4.69) is 16.9 Å². The molecule has 0 spiro atoms. The highest BCUT2D eigenvalue weighted by atomic mass is 32.2. The van der Waals surface area contributed by atoms with Gasteiger partial charge < -0.3 is 10.6 Å². The molecule has 0 saturated carbocycles. The van der Waals surface area contributed by atoms with E-state index >= 15 is 0 Å². The van der Waals surface area contributed by atoms with Gasteiger partial charge in [-0.1, -0.05) is 0 Å². The van der Waals surface area contributed by atoms with Crippen LogP contribution >= 0.6 is 11.8 Å². The second-order valence-corrected chi connectivity index (χ2v) is 4.82. The van der Waals surface area contributed by atoms with Gasteiger partial charge >= 0.3 is 0 Å². The molecule has 0 bridgehead atoms. The molecule has 15 heavy (non-hydrogen) atoms. The molecule has 1 atom stereocenters. The van der Waals surface area contributed by atoms with Crippen molar-refractivity contribution in [3.05, 3.63) is 17.5 Å². The lowest BCUT2D eigenvalue weighted by molar-refractivity contribution is 0.675. The van der Waals surface area contributed by atoms with Crippen LogP contribution < -0.4 is 10.6 Å². The normalized spacial score (nSPS) is 16.2. The summed E-state index contributed by atoms with van der Waals surface area (Å²) in [7, 11) is 1.99. The van der Waals surface area contributed by atoms with Crippen LogP contribution in [-0.2, 0) is 11.5 Å². The summed E-state index contributed by atoms with van der Waals surface area (Å²) in [6.45, 7) is 2.69. The predicted molar refractivity (Wildman–Crippen MR) is 64.0 cm³/mol. The van der Waals surface area contributed by atoms with Crippen molar-refractivity contribution in [1.29, 1.82) is 0 Å². The molecule has 1 unspecified atom stereocenters. The maximum absolute atomic E-state index is 5.62. The lowest BCUT2D eigenvalue weighted by Crippen LogP contribution is -2.36. The topological polar surface area (TPSA) is 55.0 Å². The summed E-state index contributed by atoms with van der Waals surface area (Å²) >= 11 is 1.89. The Labute approximate surface area is 94.3 Å². The molecule has 0 aliphatic carbocycles. The number of aromatic nitrogens is 2. The first kappa shape index (κ1) is 10.7. The fourth-order valence-corrected chi connectivity index (χ4v) is 2.47. The van der Waals surface area contributed by atoms with Crippen molar-refractivity contribution < 1.29 is 0 Å². The molecule has 2 rings (SSSR count). The number of rotatable bonds is 3. The first-order valence-electron chi connectivity index (χ1n) is 5.08. The van der Waals surface area contributed by atoms with Gasteiger partial charge in [0.25, 0.3) is 0 Å². The van der Waals surface area contributed by atoms with E-state index in [1.807, 2.05) is 29.9 Å². The molecular formula is C10H16N4S. The van der Waals surface area contributed by atoms with Gasteiger partial charge in [-0.25, -0.2) is 9.97 Å². The zero-order chi connectivity index (χ0) is 10.8. The summed E-state index contributed by atoms with van der Waals surface area (Å²) in [6, 6.07) is 0.275. The molecule has 4 nitrogen and oxygen atoms in total. The van der Waals surface area contributed by atoms with Gasteiger partial charge in [0.15, 0.2) is 0 Å². The van der Waals surface area contributed by atoms with Crippen molar-refractivity contribution in [1.82, 2.24) is 9.97 Å². The number of hydrogen-bond donors (Lipinski definition) is 1. The molecule has 1 aromatic heterocycles. The zero-order valence-corrected chi connectivity index (χ0v) is 9.92. The quantitative estimate of drug-likeness (QED) is 0.830. The van der Waals surface area contributed by atoms with E-state index in [4.69, 9.17) is 5.73 Å². The van der Waals surface area contributed by atoms with Crippen LogP contribution in [-0.4, -0.2) is 29.6 Å². The highest BCUT2D eigenvalue weighted by molar-refractivity contribution is 7.98. The van der Waals surface area contributed by atoms with Crippen LogP contribution in [0.5, 0.6) is 0 Å². The third-order valence-corrected chi connectivity index (χ3v) is 3.75. The van der Waals surface area contributed by atoms with Gasteiger partial charge in [-0.15, -0.1) is 0 Å². The number of thioether (sulfide) groups is 1. The summed E-state index contributed by atoms with van der Waals surface area (Å²) in [6.07, 6.45) is 1.94. The highest BCUT2D eigenvalue weighted by Crippen LogP contribution is 2.28. The van der Waals surface area contributed by atoms with Crippen molar-refractivity contribution in [2.75, 3.05) is 18.5 Å². The van der Waals surface area contributed by atoms with Crippen LogP contribution in [0.4, 0.5) is 5.95 Å². The number of nitrogens with two attached hydrogens (primary N) is 1. The average Bonchev–Trinajstić information content (AvgIpc) is 2.73. The number of nitrogens with zero attached hydrogens (tertiary/aromatic N) is 3. The summed E-state index contributed by atoms with van der Waals surface area (Å²) in [4.78, 5) is 11.0. The van der Waals surface area contributed by atoms with E-state index < -0.39 is 0 Å². The maximum atomic E-state index is 5.62. The smallest absolute Gasteiger partial charge is 0.225 e. The van der Waals surface area contributed by atoms with Gasteiger partial charge in [-0.05, 0) is 6.92 Å². The number of hydrogen-bond acceptors (Lipinski definition) is 5. The minimum absolute atomic E-state index is 0.275. The molecule has 1 aliphatic rings. The van der Waals surface area contributed by atoms with Crippen LogP contribution in [0.15, 0.2) is 6.20 Å². The summed E-state index contributed by atoms with van der Waals surface area (Å²) in [5.41, 5.74) is 8.08. The number of likely N-dealkylation sites (N-methyl/N-ethyl adjacent to an activating group) is 1. The Hall–Kier alpha value is -0.810. The third kappa shape index (κ3) is 2.08. The van der Waals surface area contributed by atoms with Crippen molar-refractivity contribution >= 4 is 17.7 Å². The van der Waals surface area contributed by atoms with E-state index in [1.165, 1.54) is 11.3 Å². The Bertz CT molecular complexity index is 355. The number of fused-ring (bicyclic) bond motifs is 1. The van der Waals surface area contributed by atoms with Gasteiger partial charge in [0.05, 0.1) is 5.69 Å². The van der Waals surface area contributed by atoms with Crippen LogP contribution in [0, 0.1) is 0 Å². The van der Waals surface area contributed by atoms with Gasteiger partial charge in [0, 0.05) is 42.9 Å². The van der Waals surface area contributed by atoms with Crippen molar-refractivity contribution in [2.24, 2.45) is 5.73 Å². The molecule has 82 valence electrons. The molecule has 2 N–H and O–H groups in total. The second kappa shape index (κ2) is 4.37. The third-order valence-electron chi connectivity index (χ3n) is 2.76. The lowest BCUT2D eigenvalue weighted by Gasteiger charge is -2.23. The summed E-state index contributed by atoms with van der Waals surface area (Å²) < 4.78 is 0. The Morgan fingerprint density at radius 1 is 1.60 bits per heavy atom. The Balaban J connectivity index is 2.22. The first-order valence-corrected chi connectivity index (χ1v) is 6.23. The molecule has 0 aromatic carbocycles. The fourth-order valence-electron chi connectivity index (χ4n) is 1.46. The molecule has 1 aliphatic heterocycles. The van der Waals surface area contributed by atoms with Crippen LogP contribution in [0.2, 0.25) is 0 Å². The van der Waals surface area contributed by atoms with E-state index in [0.29, 0.717) is 6.54 Å². The molecule has 0 saturated heterocycles. The van der Waals surface area contributed by atoms with Gasteiger partial charge in [0.1, 0.15) is 0 Å². The Morgan fingerprint density at radius 2 is 2.40 bits per heavy atom. The molecule has 0 fully saturated rings. The molecule has 0 radical (unpaired) electrons. The minimum Gasteiger partial charge on any atom is -0.340 e. The second-order valence-electron chi connectivity index (χ2n) is 3.83. The highest BCUT2D eigenvalue weighted by Gasteiger charge is 2.17. The molecule has 5 heteroatoms. The van der Waals surface area contributed by atoms with Crippen molar-refractivity contribution in [3.8, 4) is 0 Å². The van der Waals surface area contributed by atoms with Crippen LogP contribution in [0.1, 0.15) is 18.2 Å². The Kier molecular flexibility index (Phi) is 3.11. The van der Waals surface area contributed by atoms with Gasteiger partial charge in [-0.2, -0.15) is 11.8 Å². The maximum Gasteiger partial charge on any atom is 0.225 e. The molecule has 0 amide bonds. The van der Waals surface area contributed by atoms with Crippen molar-refractivity contribution in [3.63, 3.8) is 0 Å². The summed E-state index contributed by atoms with van der Waals surface area (Å²) in [5.74, 6) is 2.84. The number of anilines is 1. The van der Waals surface area contributed by atoms with E-state index in [0.717, 1.165) is 17.5 Å². The molecule has 2 heterocycles. The lowest BCUT2D eigenvalue weighted by atomic mass is 10.3. The van der Waals surface area contributed by atoms with Crippen LogP contribution in [0.25, 0.3) is 0 Å². The zero-order valence-electron chi connectivity index (χ0n) is 9.10. The monoisotopic (exact) mass is 224 g/mol. The standard InChI is InChI=1S/C10H16N4S/c1-7(3-11)14(2)10-12-4-8-5-15-6-9(8)13-10/h4,7H,3,5-6,11H2,1-2H3. The Morgan fingerprint density at radius 3 is 3.13 bits per heavy atom. The van der Waals surface area contributed by atoms with Crippen LogP contribution in [0.3, 0.4) is 0 Å². The predicted octanol–water partition coefficient (Wildman–Crippen LogP) is 1.01. The van der Waals surface area contributed by atoms with Gasteiger partial charge in [0.2, 0.25) is 5.95 Å². The van der Waals surface area contributed by atoms with Gasteiger partial charge in [-0.3, -0.25) is 0 Å². The van der Waals surface area contributed by atoms with E-state index in [-0.39, 0.29) is 6.04 Å². The van der Waals surface area contributed by atoms with E-state index in [9.17, 15) is 0 Å².